The van der Waals surface area contributed by atoms with Gasteiger partial charge in [-0.3, -0.25) is 0 Å². The van der Waals surface area contributed by atoms with Crippen LogP contribution in [0.1, 0.15) is 55.4 Å². The molecule has 0 saturated heterocycles. The first-order valence-electron chi connectivity index (χ1n) is 5.56. The Hall–Kier alpha value is -0.0800. The van der Waals surface area contributed by atoms with Gasteiger partial charge in [-0.15, -0.1) is 0 Å². The molecular weight excluding hydrogens is 176 g/mol. The third-order valence-electron chi connectivity index (χ3n) is 1.09. The molecule has 14 heavy (non-hydrogen) atoms. The summed E-state index contributed by atoms with van der Waals surface area (Å²) in [7, 11) is 0. The molecule has 0 aromatic rings. The lowest BCUT2D eigenvalue weighted by Gasteiger charge is -2.09. The van der Waals surface area contributed by atoms with Crippen molar-refractivity contribution in [3.05, 3.63) is 0 Å². The molecule has 0 aliphatic heterocycles. The molecule has 0 unspecified atom stereocenters. The normalized spacial score (nSPS) is 11.1. The monoisotopic (exact) mass is 204 g/mol. The highest BCUT2D eigenvalue weighted by Crippen LogP contribution is 1.93. The first-order valence-corrected chi connectivity index (χ1v) is 5.56. The van der Waals surface area contributed by atoms with Crippen molar-refractivity contribution in [3.63, 3.8) is 0 Å². The second kappa shape index (κ2) is 9.47. The highest BCUT2D eigenvalue weighted by atomic mass is 16.5. The van der Waals surface area contributed by atoms with Gasteiger partial charge in [0.05, 0.1) is 24.4 Å². The summed E-state index contributed by atoms with van der Waals surface area (Å²) in [5.74, 6) is 0. The third kappa shape index (κ3) is 22.7. The van der Waals surface area contributed by atoms with Crippen molar-refractivity contribution in [2.24, 2.45) is 0 Å². The molecule has 0 atom stereocenters. The summed E-state index contributed by atoms with van der Waals surface area (Å²) in [4.78, 5) is 0. The van der Waals surface area contributed by atoms with Gasteiger partial charge in [-0.05, 0) is 55.4 Å². The van der Waals surface area contributed by atoms with Crippen molar-refractivity contribution in [1.29, 1.82) is 0 Å². The molecule has 2 heteroatoms. The average molecular weight is 204 g/mol. The summed E-state index contributed by atoms with van der Waals surface area (Å²) in [6.07, 6.45) is 1.50. The highest BCUT2D eigenvalue weighted by Gasteiger charge is 1.94. The lowest BCUT2D eigenvalue weighted by molar-refractivity contribution is 0.0296. The molecule has 0 heterocycles. The second-order valence-corrected chi connectivity index (χ2v) is 4.47. The van der Waals surface area contributed by atoms with E-state index in [9.17, 15) is 0 Å². The zero-order valence-corrected chi connectivity index (χ0v) is 11.1. The van der Waals surface area contributed by atoms with Crippen LogP contribution in [0, 0.1) is 0 Å². The van der Waals surface area contributed by atoms with Crippen LogP contribution in [0.25, 0.3) is 0 Å². The van der Waals surface area contributed by atoms with Crippen molar-refractivity contribution in [3.8, 4) is 0 Å². The first-order chi connectivity index (χ1) is 6.25. The van der Waals surface area contributed by atoms with Crippen LogP contribution in [0.2, 0.25) is 0 Å². The topological polar surface area (TPSA) is 18.5 Å². The van der Waals surface area contributed by atoms with E-state index in [1.807, 2.05) is 55.4 Å². The van der Waals surface area contributed by atoms with E-state index in [0.29, 0.717) is 24.4 Å². The average Bonchev–Trinajstić information content (AvgIpc) is 1.79. The van der Waals surface area contributed by atoms with E-state index in [-0.39, 0.29) is 0 Å². The molecular formula is C12H28O2. The molecule has 0 aromatic heterocycles. The van der Waals surface area contributed by atoms with Crippen LogP contribution in [0.5, 0.6) is 0 Å². The molecule has 0 aliphatic carbocycles. The molecule has 0 aromatic carbocycles. The second-order valence-electron chi connectivity index (χ2n) is 4.47. The van der Waals surface area contributed by atoms with Crippen LogP contribution in [0.15, 0.2) is 0 Å². The van der Waals surface area contributed by atoms with Crippen LogP contribution in [-0.4, -0.2) is 24.4 Å². The Bertz CT molecular complexity index is 80.9. The molecule has 0 bridgehead atoms. The molecule has 0 aliphatic rings. The third-order valence-corrected chi connectivity index (χ3v) is 1.09. The maximum Gasteiger partial charge on any atom is 0.0522 e. The van der Waals surface area contributed by atoms with Crippen molar-refractivity contribution >= 4 is 0 Å². The van der Waals surface area contributed by atoms with Crippen LogP contribution >= 0.6 is 0 Å². The molecule has 0 spiro atoms. The van der Waals surface area contributed by atoms with E-state index >= 15 is 0 Å². The molecule has 0 fully saturated rings. The molecule has 0 amide bonds. The van der Waals surface area contributed by atoms with Gasteiger partial charge in [-0.2, -0.15) is 0 Å². The quantitative estimate of drug-likeness (QED) is 0.696. The van der Waals surface area contributed by atoms with Gasteiger partial charge in [0.25, 0.3) is 0 Å². The van der Waals surface area contributed by atoms with Gasteiger partial charge in [-0.25, -0.2) is 0 Å². The number of hydrogen-bond donors (Lipinski definition) is 0. The predicted octanol–water partition coefficient (Wildman–Crippen LogP) is 3.64. The Balaban J connectivity index is 0. The molecule has 88 valence electrons. The number of hydrogen-bond acceptors (Lipinski definition) is 2. The fourth-order valence-electron chi connectivity index (χ4n) is 1.09. The zero-order chi connectivity index (χ0) is 11.7. The molecule has 2 nitrogen and oxygen atoms in total. The lowest BCUT2D eigenvalue weighted by atomic mass is 10.4. The van der Waals surface area contributed by atoms with Crippen molar-refractivity contribution in [2.75, 3.05) is 0 Å². The van der Waals surface area contributed by atoms with Gasteiger partial charge in [-0.1, -0.05) is 0 Å². The molecule has 0 N–H and O–H groups in total. The maximum absolute atomic E-state index is 5.25. The van der Waals surface area contributed by atoms with Crippen molar-refractivity contribution in [2.45, 2.75) is 79.8 Å². The van der Waals surface area contributed by atoms with E-state index in [1.165, 1.54) is 0 Å². The standard InChI is InChI=1S/2C6H14O/c2*1-5(2)7-6(3)4/h2*5-6H,1-4H3. The van der Waals surface area contributed by atoms with Crippen molar-refractivity contribution in [1.82, 2.24) is 0 Å². The van der Waals surface area contributed by atoms with Gasteiger partial charge >= 0.3 is 0 Å². The van der Waals surface area contributed by atoms with Crippen molar-refractivity contribution < 1.29 is 9.47 Å². The van der Waals surface area contributed by atoms with Crippen LogP contribution in [0.3, 0.4) is 0 Å². The number of ether oxygens (including phenoxy) is 2. The van der Waals surface area contributed by atoms with E-state index in [1.54, 1.807) is 0 Å². The first kappa shape index (κ1) is 16.4. The Morgan fingerprint density at radius 1 is 0.429 bits per heavy atom. The fraction of sp³-hybridized carbons (Fsp3) is 1.00. The van der Waals surface area contributed by atoms with E-state index in [4.69, 9.17) is 9.47 Å². The summed E-state index contributed by atoms with van der Waals surface area (Å²) >= 11 is 0. The van der Waals surface area contributed by atoms with Gasteiger partial charge < -0.3 is 9.47 Å². The van der Waals surface area contributed by atoms with Gasteiger partial charge in [0, 0.05) is 0 Å². The van der Waals surface area contributed by atoms with Gasteiger partial charge in [0.1, 0.15) is 0 Å². The lowest BCUT2D eigenvalue weighted by Crippen LogP contribution is -2.09. The Morgan fingerprint density at radius 3 is 0.571 bits per heavy atom. The summed E-state index contributed by atoms with van der Waals surface area (Å²) < 4.78 is 10.5. The highest BCUT2D eigenvalue weighted by molar-refractivity contribution is 4.40. The summed E-state index contributed by atoms with van der Waals surface area (Å²) in [6.45, 7) is 16.3. The maximum atomic E-state index is 5.25. The number of rotatable bonds is 4. The minimum absolute atomic E-state index is 0.375. The summed E-state index contributed by atoms with van der Waals surface area (Å²) in [5, 5.41) is 0. The molecule has 0 saturated carbocycles. The van der Waals surface area contributed by atoms with Gasteiger partial charge in [0.2, 0.25) is 0 Å². The zero-order valence-electron chi connectivity index (χ0n) is 11.1. The molecule has 0 radical (unpaired) electrons. The van der Waals surface area contributed by atoms with Crippen LogP contribution < -0.4 is 0 Å². The Kier molecular flexibility index (Phi) is 11.1. The largest absolute Gasteiger partial charge is 0.376 e. The van der Waals surface area contributed by atoms with E-state index in [2.05, 4.69) is 0 Å². The smallest absolute Gasteiger partial charge is 0.0522 e. The Labute approximate surface area is 90.0 Å². The van der Waals surface area contributed by atoms with E-state index < -0.39 is 0 Å². The minimum Gasteiger partial charge on any atom is -0.376 e. The van der Waals surface area contributed by atoms with E-state index in [0.717, 1.165) is 0 Å². The summed E-state index contributed by atoms with van der Waals surface area (Å²) in [6, 6.07) is 0. The van der Waals surface area contributed by atoms with Gasteiger partial charge in [0.15, 0.2) is 0 Å². The van der Waals surface area contributed by atoms with Crippen LogP contribution in [0.4, 0.5) is 0 Å². The van der Waals surface area contributed by atoms with Crippen LogP contribution in [-0.2, 0) is 9.47 Å². The molecule has 0 rings (SSSR count). The predicted molar refractivity (Wildman–Crippen MR) is 62.7 cm³/mol. The minimum atomic E-state index is 0.375. The SMILES string of the molecule is CC(C)OC(C)C.CC(C)OC(C)C. The summed E-state index contributed by atoms with van der Waals surface area (Å²) in [5.41, 5.74) is 0. The fourth-order valence-corrected chi connectivity index (χ4v) is 1.09. The Morgan fingerprint density at radius 2 is 0.571 bits per heavy atom.